The highest BCUT2D eigenvalue weighted by Crippen LogP contribution is 2.35. The number of hydrogen-bond acceptors (Lipinski definition) is 5. The van der Waals surface area contributed by atoms with E-state index in [2.05, 4.69) is 4.98 Å². The zero-order valence-electron chi connectivity index (χ0n) is 11.3. The molecule has 0 aliphatic carbocycles. The minimum absolute atomic E-state index is 0.0377. The average Bonchev–Trinajstić information content (AvgIpc) is 2.40. The Morgan fingerprint density at radius 1 is 1.43 bits per heavy atom. The summed E-state index contributed by atoms with van der Waals surface area (Å²) in [5.74, 6) is -1.36. The van der Waals surface area contributed by atoms with Gasteiger partial charge < -0.3 is 4.74 Å². The van der Waals surface area contributed by atoms with Crippen molar-refractivity contribution in [2.75, 3.05) is 0 Å². The predicted molar refractivity (Wildman–Crippen MR) is 71.6 cm³/mol. The molecule has 0 aliphatic rings. The number of aryl methyl sites for hydroxylation is 2. The maximum absolute atomic E-state index is 13.8. The Kier molecular flexibility index (Phi) is 3.80. The minimum atomic E-state index is -0.875. The Labute approximate surface area is 119 Å². The van der Waals surface area contributed by atoms with Crippen LogP contribution in [0.25, 0.3) is 0 Å². The molecule has 0 atom stereocenters. The first-order valence-electron chi connectivity index (χ1n) is 5.93. The third kappa shape index (κ3) is 2.79. The molecule has 0 spiro atoms. The number of nitro groups is 1. The van der Waals surface area contributed by atoms with Crippen LogP contribution in [0.1, 0.15) is 17.0 Å². The molecule has 1 heterocycles. The molecule has 0 saturated heterocycles. The summed E-state index contributed by atoms with van der Waals surface area (Å²) in [4.78, 5) is 14.3. The molecule has 0 amide bonds. The van der Waals surface area contributed by atoms with Crippen molar-refractivity contribution in [3.8, 4) is 17.6 Å². The highest BCUT2D eigenvalue weighted by atomic mass is 19.1. The minimum Gasteiger partial charge on any atom is -0.446 e. The highest BCUT2D eigenvalue weighted by molar-refractivity contribution is 5.53. The summed E-state index contributed by atoms with van der Waals surface area (Å²) < 4.78 is 19.1. The molecule has 1 aromatic heterocycles. The van der Waals surface area contributed by atoms with Crippen LogP contribution in [-0.2, 0) is 0 Å². The molecule has 1 aromatic carbocycles. The number of hydrogen-bond donors (Lipinski definition) is 0. The second-order valence-electron chi connectivity index (χ2n) is 4.28. The summed E-state index contributed by atoms with van der Waals surface area (Å²) in [6, 6.07) is 6.73. The third-order valence-corrected chi connectivity index (χ3v) is 2.76. The number of aromatic nitrogens is 1. The SMILES string of the molecule is Cc1cc(Oc2c(F)cccc2[N+](=O)[O-])c(C#N)c(C)n1. The Morgan fingerprint density at radius 2 is 2.14 bits per heavy atom. The van der Waals surface area contributed by atoms with Crippen molar-refractivity contribution in [2.45, 2.75) is 13.8 Å². The molecule has 21 heavy (non-hydrogen) atoms. The zero-order chi connectivity index (χ0) is 15.6. The van der Waals surface area contributed by atoms with Crippen LogP contribution < -0.4 is 4.74 Å². The Balaban J connectivity index is 2.59. The number of nitro benzene ring substituents is 1. The van der Waals surface area contributed by atoms with Crippen molar-refractivity contribution in [3.63, 3.8) is 0 Å². The number of pyridine rings is 1. The van der Waals surface area contributed by atoms with Gasteiger partial charge in [0, 0.05) is 17.8 Å². The normalized spacial score (nSPS) is 10.0. The van der Waals surface area contributed by atoms with E-state index in [1.165, 1.54) is 12.1 Å². The van der Waals surface area contributed by atoms with Crippen LogP contribution in [0.2, 0.25) is 0 Å². The molecule has 7 heteroatoms. The molecule has 0 bridgehead atoms. The van der Waals surface area contributed by atoms with Gasteiger partial charge in [-0.2, -0.15) is 5.26 Å². The van der Waals surface area contributed by atoms with Gasteiger partial charge in [-0.3, -0.25) is 15.1 Å². The number of ether oxygens (including phenoxy) is 1. The number of nitriles is 1. The molecule has 0 N–H and O–H groups in total. The lowest BCUT2D eigenvalue weighted by atomic mass is 10.2. The maximum atomic E-state index is 13.8. The molecule has 0 radical (unpaired) electrons. The van der Waals surface area contributed by atoms with Crippen LogP contribution in [0.4, 0.5) is 10.1 Å². The van der Waals surface area contributed by atoms with Gasteiger partial charge in [-0.15, -0.1) is 0 Å². The van der Waals surface area contributed by atoms with Crippen LogP contribution in [0.3, 0.4) is 0 Å². The van der Waals surface area contributed by atoms with Crippen LogP contribution in [0, 0.1) is 41.1 Å². The van der Waals surface area contributed by atoms with E-state index in [1.807, 2.05) is 6.07 Å². The van der Waals surface area contributed by atoms with Crippen LogP contribution in [-0.4, -0.2) is 9.91 Å². The molecular formula is C14H10FN3O3. The van der Waals surface area contributed by atoms with Crippen molar-refractivity contribution in [1.82, 2.24) is 4.98 Å². The van der Waals surface area contributed by atoms with Gasteiger partial charge in [0.05, 0.1) is 10.6 Å². The van der Waals surface area contributed by atoms with Gasteiger partial charge in [-0.05, 0) is 19.9 Å². The highest BCUT2D eigenvalue weighted by Gasteiger charge is 2.22. The van der Waals surface area contributed by atoms with Crippen molar-refractivity contribution < 1.29 is 14.1 Å². The van der Waals surface area contributed by atoms with E-state index in [9.17, 15) is 14.5 Å². The lowest BCUT2D eigenvalue weighted by Crippen LogP contribution is -2.00. The standard InChI is InChI=1S/C14H10FN3O3/c1-8-6-13(10(7-16)9(2)17-8)21-14-11(15)4-3-5-12(14)18(19)20/h3-6H,1-2H3. The summed E-state index contributed by atoms with van der Waals surface area (Å²) in [7, 11) is 0. The molecule has 2 aromatic rings. The fourth-order valence-corrected chi connectivity index (χ4v) is 1.86. The van der Waals surface area contributed by atoms with E-state index in [0.29, 0.717) is 11.4 Å². The molecule has 0 aliphatic heterocycles. The van der Waals surface area contributed by atoms with Gasteiger partial charge in [-0.1, -0.05) is 6.07 Å². The average molecular weight is 287 g/mol. The molecule has 0 saturated carbocycles. The monoisotopic (exact) mass is 287 g/mol. The molecular weight excluding hydrogens is 277 g/mol. The lowest BCUT2D eigenvalue weighted by molar-refractivity contribution is -0.385. The Morgan fingerprint density at radius 3 is 2.76 bits per heavy atom. The molecule has 0 fully saturated rings. The summed E-state index contributed by atoms with van der Waals surface area (Å²) in [5, 5.41) is 20.1. The van der Waals surface area contributed by atoms with Gasteiger partial charge in [0.15, 0.2) is 5.82 Å². The van der Waals surface area contributed by atoms with E-state index >= 15 is 0 Å². The van der Waals surface area contributed by atoms with Gasteiger partial charge in [0.1, 0.15) is 17.4 Å². The second kappa shape index (κ2) is 5.54. The van der Waals surface area contributed by atoms with Crippen molar-refractivity contribution in [1.29, 1.82) is 5.26 Å². The molecule has 0 unspecified atom stereocenters. The Hall–Kier alpha value is -3.01. The van der Waals surface area contributed by atoms with E-state index in [-0.39, 0.29) is 11.3 Å². The third-order valence-electron chi connectivity index (χ3n) is 2.76. The van der Waals surface area contributed by atoms with Gasteiger partial charge >= 0.3 is 5.69 Å². The first kappa shape index (κ1) is 14.4. The van der Waals surface area contributed by atoms with Crippen molar-refractivity contribution in [3.05, 3.63) is 57.1 Å². The molecule has 106 valence electrons. The molecule has 6 nitrogen and oxygen atoms in total. The number of rotatable bonds is 3. The fourth-order valence-electron chi connectivity index (χ4n) is 1.86. The zero-order valence-corrected chi connectivity index (χ0v) is 11.3. The largest absolute Gasteiger partial charge is 0.446 e. The van der Waals surface area contributed by atoms with E-state index < -0.39 is 22.2 Å². The first-order chi connectivity index (χ1) is 9.93. The van der Waals surface area contributed by atoms with Gasteiger partial charge in [-0.25, -0.2) is 4.39 Å². The Bertz CT molecular complexity index is 769. The predicted octanol–water partition coefficient (Wildman–Crippen LogP) is 3.41. The smallest absolute Gasteiger partial charge is 0.314 e. The summed E-state index contributed by atoms with van der Waals surface area (Å²) in [6.45, 7) is 3.28. The molecule has 2 rings (SSSR count). The van der Waals surface area contributed by atoms with E-state index in [1.54, 1.807) is 13.8 Å². The van der Waals surface area contributed by atoms with E-state index in [0.717, 1.165) is 12.1 Å². The fraction of sp³-hybridized carbons (Fsp3) is 0.143. The topological polar surface area (TPSA) is 89.0 Å². The number of benzene rings is 1. The van der Waals surface area contributed by atoms with Crippen molar-refractivity contribution >= 4 is 5.69 Å². The quantitative estimate of drug-likeness (QED) is 0.637. The van der Waals surface area contributed by atoms with Crippen LogP contribution >= 0.6 is 0 Å². The van der Waals surface area contributed by atoms with Crippen molar-refractivity contribution in [2.24, 2.45) is 0 Å². The lowest BCUT2D eigenvalue weighted by Gasteiger charge is -2.10. The summed E-state index contributed by atoms with van der Waals surface area (Å²) in [6.07, 6.45) is 0. The number of nitrogens with zero attached hydrogens (tertiary/aromatic N) is 3. The van der Waals surface area contributed by atoms with Gasteiger partial charge in [0.2, 0.25) is 5.75 Å². The first-order valence-corrected chi connectivity index (χ1v) is 5.93. The number of para-hydroxylation sites is 1. The number of halogens is 1. The van der Waals surface area contributed by atoms with Gasteiger partial charge in [0.25, 0.3) is 0 Å². The van der Waals surface area contributed by atoms with Crippen LogP contribution in [0.15, 0.2) is 24.3 Å². The second-order valence-corrected chi connectivity index (χ2v) is 4.28. The summed E-state index contributed by atoms with van der Waals surface area (Å²) in [5.41, 5.74) is 0.566. The van der Waals surface area contributed by atoms with Crippen LogP contribution in [0.5, 0.6) is 11.5 Å². The van der Waals surface area contributed by atoms with E-state index in [4.69, 9.17) is 10.00 Å². The maximum Gasteiger partial charge on any atom is 0.314 e. The summed E-state index contributed by atoms with van der Waals surface area (Å²) >= 11 is 0.